The number of aromatic nitrogens is 2. The number of nitrogens with zero attached hydrogens (tertiary/aromatic N) is 3. The molecule has 0 aliphatic carbocycles. The molecule has 2 rings (SSSR count). The molecule has 4 heteroatoms. The van der Waals surface area contributed by atoms with Crippen molar-refractivity contribution < 1.29 is 0 Å². The molecule has 0 amide bonds. The van der Waals surface area contributed by atoms with E-state index in [2.05, 4.69) is 41.7 Å². The first-order valence-corrected chi connectivity index (χ1v) is 6.90. The van der Waals surface area contributed by atoms with E-state index >= 15 is 0 Å². The Labute approximate surface area is 110 Å². The molecule has 18 heavy (non-hydrogen) atoms. The smallest absolute Gasteiger partial charge is 0.132 e. The summed E-state index contributed by atoms with van der Waals surface area (Å²) in [4.78, 5) is 11.1. The molecule has 1 fully saturated rings. The zero-order valence-electron chi connectivity index (χ0n) is 11.6. The number of hydrogen-bond donors (Lipinski definition) is 1. The number of rotatable bonds is 3. The monoisotopic (exact) mass is 248 g/mol. The Bertz CT molecular complexity index is 381. The highest BCUT2D eigenvalue weighted by Gasteiger charge is 2.22. The largest absolute Gasteiger partial charge is 0.356 e. The highest BCUT2D eigenvalue weighted by molar-refractivity contribution is 5.39. The minimum Gasteiger partial charge on any atom is -0.356 e. The van der Waals surface area contributed by atoms with Gasteiger partial charge >= 0.3 is 0 Å². The molecule has 4 nitrogen and oxygen atoms in total. The molecule has 1 saturated heterocycles. The van der Waals surface area contributed by atoms with Gasteiger partial charge < -0.3 is 10.6 Å². The number of anilines is 1. The van der Waals surface area contributed by atoms with Crippen LogP contribution in [0.15, 0.2) is 12.4 Å². The van der Waals surface area contributed by atoms with Crippen LogP contribution in [0, 0.1) is 5.92 Å². The van der Waals surface area contributed by atoms with Crippen LogP contribution in [0.5, 0.6) is 0 Å². The molecule has 1 unspecified atom stereocenters. The lowest BCUT2D eigenvalue weighted by Gasteiger charge is -2.34. The predicted octanol–water partition coefficient (Wildman–Crippen LogP) is 2.16. The fourth-order valence-electron chi connectivity index (χ4n) is 2.50. The van der Waals surface area contributed by atoms with Gasteiger partial charge in [0.2, 0.25) is 0 Å². The first kappa shape index (κ1) is 13.3. The maximum Gasteiger partial charge on any atom is 0.132 e. The fourth-order valence-corrected chi connectivity index (χ4v) is 2.50. The SMILES string of the molecule is CC(C)c1cc(N2CCC(C(C)N)CC2)ncn1. The summed E-state index contributed by atoms with van der Waals surface area (Å²) in [6, 6.07) is 2.43. The Morgan fingerprint density at radius 2 is 1.89 bits per heavy atom. The van der Waals surface area contributed by atoms with Crippen molar-refractivity contribution in [3.05, 3.63) is 18.1 Å². The lowest BCUT2D eigenvalue weighted by atomic mass is 9.91. The second kappa shape index (κ2) is 5.65. The predicted molar refractivity (Wildman–Crippen MR) is 74.7 cm³/mol. The van der Waals surface area contributed by atoms with Gasteiger partial charge in [-0.1, -0.05) is 13.8 Å². The van der Waals surface area contributed by atoms with E-state index < -0.39 is 0 Å². The molecule has 1 atom stereocenters. The van der Waals surface area contributed by atoms with E-state index in [-0.39, 0.29) is 0 Å². The molecular weight excluding hydrogens is 224 g/mol. The van der Waals surface area contributed by atoms with Crippen molar-refractivity contribution in [2.45, 2.75) is 45.6 Å². The third-order valence-corrected chi connectivity index (χ3v) is 3.87. The van der Waals surface area contributed by atoms with Gasteiger partial charge in [0.25, 0.3) is 0 Å². The van der Waals surface area contributed by atoms with Crippen LogP contribution in [-0.2, 0) is 0 Å². The van der Waals surface area contributed by atoms with Crippen LogP contribution in [0.3, 0.4) is 0 Å². The van der Waals surface area contributed by atoms with Crippen molar-refractivity contribution in [2.24, 2.45) is 11.7 Å². The van der Waals surface area contributed by atoms with Crippen molar-refractivity contribution in [1.29, 1.82) is 0 Å². The van der Waals surface area contributed by atoms with Crippen molar-refractivity contribution >= 4 is 5.82 Å². The maximum absolute atomic E-state index is 5.97. The third kappa shape index (κ3) is 2.99. The third-order valence-electron chi connectivity index (χ3n) is 3.87. The first-order chi connectivity index (χ1) is 8.58. The van der Waals surface area contributed by atoms with E-state index in [9.17, 15) is 0 Å². The topological polar surface area (TPSA) is 55.0 Å². The summed E-state index contributed by atoms with van der Waals surface area (Å²) in [7, 11) is 0. The summed E-state index contributed by atoms with van der Waals surface area (Å²) < 4.78 is 0. The highest BCUT2D eigenvalue weighted by atomic mass is 15.2. The van der Waals surface area contributed by atoms with Crippen LogP contribution < -0.4 is 10.6 Å². The van der Waals surface area contributed by atoms with Gasteiger partial charge in [0.05, 0.1) is 0 Å². The molecule has 2 heterocycles. The van der Waals surface area contributed by atoms with Gasteiger partial charge in [0.1, 0.15) is 12.1 Å². The quantitative estimate of drug-likeness (QED) is 0.890. The molecular formula is C14H24N4. The van der Waals surface area contributed by atoms with Crippen molar-refractivity contribution in [3.63, 3.8) is 0 Å². The zero-order valence-corrected chi connectivity index (χ0v) is 11.6. The lowest BCUT2D eigenvalue weighted by molar-refractivity contribution is 0.353. The van der Waals surface area contributed by atoms with Crippen LogP contribution in [0.2, 0.25) is 0 Å². The van der Waals surface area contributed by atoms with Crippen LogP contribution in [0.1, 0.15) is 45.2 Å². The van der Waals surface area contributed by atoms with Gasteiger partial charge in [0.15, 0.2) is 0 Å². The molecule has 0 radical (unpaired) electrons. The van der Waals surface area contributed by atoms with E-state index in [1.165, 1.54) is 12.8 Å². The van der Waals surface area contributed by atoms with Gasteiger partial charge in [0, 0.05) is 30.9 Å². The minimum absolute atomic E-state index is 0.309. The Kier molecular flexibility index (Phi) is 4.17. The van der Waals surface area contributed by atoms with Crippen LogP contribution in [-0.4, -0.2) is 29.1 Å². The standard InChI is InChI=1S/C14H24N4/c1-10(2)13-8-14(17-9-16-13)18-6-4-12(5-7-18)11(3)15/h8-12H,4-7,15H2,1-3H3. The highest BCUT2D eigenvalue weighted by Crippen LogP contribution is 2.24. The van der Waals surface area contributed by atoms with Crippen molar-refractivity contribution in [1.82, 2.24) is 9.97 Å². The fraction of sp³-hybridized carbons (Fsp3) is 0.714. The summed E-state index contributed by atoms with van der Waals surface area (Å²) >= 11 is 0. The van der Waals surface area contributed by atoms with Crippen LogP contribution >= 0.6 is 0 Å². The second-order valence-electron chi connectivity index (χ2n) is 5.64. The summed E-state index contributed by atoms with van der Waals surface area (Å²) in [5.41, 5.74) is 7.09. The number of hydrogen-bond acceptors (Lipinski definition) is 4. The molecule has 1 aliphatic rings. The van der Waals surface area contributed by atoms with Crippen LogP contribution in [0.25, 0.3) is 0 Å². The summed E-state index contributed by atoms with van der Waals surface area (Å²) in [6.07, 6.45) is 4.01. The second-order valence-corrected chi connectivity index (χ2v) is 5.64. The van der Waals surface area contributed by atoms with Gasteiger partial charge in [-0.05, 0) is 31.6 Å². The molecule has 2 N–H and O–H groups in total. The Hall–Kier alpha value is -1.16. The van der Waals surface area contributed by atoms with Gasteiger partial charge in [-0.15, -0.1) is 0 Å². The van der Waals surface area contributed by atoms with Gasteiger partial charge in [-0.2, -0.15) is 0 Å². The minimum atomic E-state index is 0.309. The number of piperidine rings is 1. The molecule has 0 aromatic carbocycles. The summed E-state index contributed by atoms with van der Waals surface area (Å²) in [6.45, 7) is 8.55. The van der Waals surface area contributed by atoms with Crippen molar-refractivity contribution in [2.75, 3.05) is 18.0 Å². The number of nitrogens with two attached hydrogens (primary N) is 1. The van der Waals surface area contributed by atoms with Crippen LogP contribution in [0.4, 0.5) is 5.82 Å². The Morgan fingerprint density at radius 1 is 1.22 bits per heavy atom. The summed E-state index contributed by atoms with van der Waals surface area (Å²) in [5, 5.41) is 0. The van der Waals surface area contributed by atoms with E-state index in [1.54, 1.807) is 6.33 Å². The lowest BCUT2D eigenvalue weighted by Crippen LogP contribution is -2.40. The van der Waals surface area contributed by atoms with E-state index in [0.29, 0.717) is 17.9 Å². The molecule has 0 bridgehead atoms. The Balaban J connectivity index is 2.03. The maximum atomic E-state index is 5.97. The molecule has 0 spiro atoms. The normalized spacial score (nSPS) is 19.3. The Morgan fingerprint density at radius 3 is 2.44 bits per heavy atom. The van der Waals surface area contributed by atoms with Gasteiger partial charge in [-0.3, -0.25) is 0 Å². The first-order valence-electron chi connectivity index (χ1n) is 6.90. The van der Waals surface area contributed by atoms with Crippen molar-refractivity contribution in [3.8, 4) is 0 Å². The summed E-state index contributed by atoms with van der Waals surface area (Å²) in [5.74, 6) is 2.18. The van der Waals surface area contributed by atoms with Gasteiger partial charge in [-0.25, -0.2) is 9.97 Å². The van der Waals surface area contributed by atoms with E-state index in [4.69, 9.17) is 5.73 Å². The van der Waals surface area contributed by atoms with E-state index in [1.807, 2.05) is 0 Å². The molecule has 0 saturated carbocycles. The molecule has 1 aromatic heterocycles. The van der Waals surface area contributed by atoms with E-state index in [0.717, 1.165) is 24.6 Å². The average Bonchev–Trinajstić information content (AvgIpc) is 2.39. The average molecular weight is 248 g/mol. The molecule has 100 valence electrons. The zero-order chi connectivity index (χ0) is 13.1. The molecule has 1 aromatic rings. The molecule has 1 aliphatic heterocycles.